The van der Waals surface area contributed by atoms with E-state index in [0.717, 1.165) is 44.9 Å². The highest BCUT2D eigenvalue weighted by atomic mass is 16.5. The maximum absolute atomic E-state index is 11.5. The molecule has 0 amide bonds. The molecule has 0 N–H and O–H groups in total. The van der Waals surface area contributed by atoms with E-state index in [9.17, 15) is 4.79 Å². The average Bonchev–Trinajstić information content (AvgIpc) is 2.52. The van der Waals surface area contributed by atoms with E-state index in [2.05, 4.69) is 25.7 Å². The van der Waals surface area contributed by atoms with Gasteiger partial charge in [0.05, 0.1) is 6.61 Å². The summed E-state index contributed by atoms with van der Waals surface area (Å²) in [6.07, 6.45) is 20.9. The third-order valence-electron chi connectivity index (χ3n) is 3.72. The van der Waals surface area contributed by atoms with Crippen molar-refractivity contribution in [1.29, 1.82) is 0 Å². The number of unbranched alkanes of at least 4 members (excludes halogenated alkanes) is 9. The van der Waals surface area contributed by atoms with Gasteiger partial charge in [0, 0.05) is 6.42 Å². The Morgan fingerprint density at radius 3 is 2.23 bits per heavy atom. The lowest BCUT2D eigenvalue weighted by atomic mass is 10.1. The number of rotatable bonds is 16. The van der Waals surface area contributed by atoms with Gasteiger partial charge in [0.15, 0.2) is 0 Å². The van der Waals surface area contributed by atoms with Crippen LogP contribution in [0.1, 0.15) is 90.4 Å². The Balaban J connectivity index is 3.19. The highest BCUT2D eigenvalue weighted by Gasteiger charge is 2.02. The van der Waals surface area contributed by atoms with Gasteiger partial charge in [-0.25, -0.2) is 0 Å². The van der Waals surface area contributed by atoms with E-state index >= 15 is 0 Å². The molecule has 0 aromatic heterocycles. The van der Waals surface area contributed by atoms with Gasteiger partial charge < -0.3 is 4.74 Å². The van der Waals surface area contributed by atoms with E-state index in [4.69, 9.17) is 4.74 Å². The summed E-state index contributed by atoms with van der Waals surface area (Å²) in [6, 6.07) is 0. The zero-order valence-corrected chi connectivity index (χ0v) is 14.7. The predicted octanol–water partition coefficient (Wildman–Crippen LogP) is 6.36. The molecule has 0 spiro atoms. The zero-order valence-electron chi connectivity index (χ0n) is 14.7. The molecule has 0 aromatic rings. The number of hydrogen-bond donors (Lipinski definition) is 0. The fourth-order valence-corrected chi connectivity index (χ4v) is 2.35. The summed E-state index contributed by atoms with van der Waals surface area (Å²) in [7, 11) is 0. The third kappa shape index (κ3) is 17.0. The van der Waals surface area contributed by atoms with Crippen molar-refractivity contribution >= 4 is 5.97 Å². The number of allylic oxidation sites excluding steroid dienone is 3. The number of carbonyl (C=O) groups is 1. The van der Waals surface area contributed by atoms with Crippen LogP contribution in [0, 0.1) is 0 Å². The van der Waals surface area contributed by atoms with Crippen molar-refractivity contribution in [3.05, 3.63) is 24.8 Å². The molecule has 22 heavy (non-hydrogen) atoms. The molecule has 0 atom stereocenters. The molecule has 0 aliphatic rings. The molecule has 0 aliphatic heterocycles. The minimum Gasteiger partial charge on any atom is -0.466 e. The van der Waals surface area contributed by atoms with Crippen LogP contribution in [-0.4, -0.2) is 12.6 Å². The third-order valence-corrected chi connectivity index (χ3v) is 3.72. The van der Waals surface area contributed by atoms with Crippen LogP contribution in [0.25, 0.3) is 0 Å². The van der Waals surface area contributed by atoms with E-state index in [1.807, 2.05) is 6.08 Å². The van der Waals surface area contributed by atoms with Gasteiger partial charge in [-0.2, -0.15) is 0 Å². The van der Waals surface area contributed by atoms with Crippen molar-refractivity contribution < 1.29 is 9.53 Å². The smallest absolute Gasteiger partial charge is 0.305 e. The van der Waals surface area contributed by atoms with Crippen molar-refractivity contribution in [2.75, 3.05) is 6.61 Å². The molecule has 128 valence electrons. The Morgan fingerprint density at radius 1 is 0.864 bits per heavy atom. The molecule has 2 nitrogen and oxygen atoms in total. The van der Waals surface area contributed by atoms with Crippen LogP contribution in [0.15, 0.2) is 24.8 Å². The van der Waals surface area contributed by atoms with E-state index in [1.165, 1.54) is 32.1 Å². The van der Waals surface area contributed by atoms with Gasteiger partial charge in [0.25, 0.3) is 0 Å². The SMILES string of the molecule is C=CCCCCCCCCC(=O)OCCCCC/C=C/CC. The van der Waals surface area contributed by atoms with Crippen molar-refractivity contribution in [3.8, 4) is 0 Å². The Morgan fingerprint density at radius 2 is 1.50 bits per heavy atom. The topological polar surface area (TPSA) is 26.3 Å². The summed E-state index contributed by atoms with van der Waals surface area (Å²) in [5, 5.41) is 0. The second kappa shape index (κ2) is 18.0. The molecule has 0 rings (SSSR count). The molecule has 0 aliphatic carbocycles. The second-order valence-electron chi connectivity index (χ2n) is 5.90. The maximum atomic E-state index is 11.5. The summed E-state index contributed by atoms with van der Waals surface area (Å²) in [4.78, 5) is 11.5. The Labute approximate surface area is 138 Å². The first-order valence-corrected chi connectivity index (χ1v) is 9.22. The molecule has 0 bridgehead atoms. The van der Waals surface area contributed by atoms with Gasteiger partial charge in [-0.3, -0.25) is 4.79 Å². The van der Waals surface area contributed by atoms with Crippen LogP contribution >= 0.6 is 0 Å². The summed E-state index contributed by atoms with van der Waals surface area (Å²) in [5.41, 5.74) is 0. The van der Waals surface area contributed by atoms with Crippen LogP contribution in [0.4, 0.5) is 0 Å². The lowest BCUT2D eigenvalue weighted by molar-refractivity contribution is -0.143. The van der Waals surface area contributed by atoms with E-state index in [0.29, 0.717) is 13.0 Å². The van der Waals surface area contributed by atoms with Crippen LogP contribution in [-0.2, 0) is 9.53 Å². The minimum atomic E-state index is -0.0162. The van der Waals surface area contributed by atoms with E-state index in [-0.39, 0.29) is 5.97 Å². The zero-order chi connectivity index (χ0) is 16.3. The molecule has 0 heterocycles. The number of esters is 1. The summed E-state index contributed by atoms with van der Waals surface area (Å²) >= 11 is 0. The molecular formula is C20H36O2. The Kier molecular flexibility index (Phi) is 17.1. The predicted molar refractivity (Wildman–Crippen MR) is 96.0 cm³/mol. The molecule has 0 saturated carbocycles. The molecule has 0 fully saturated rings. The molecule has 0 saturated heterocycles. The first-order valence-electron chi connectivity index (χ1n) is 9.22. The van der Waals surface area contributed by atoms with Crippen molar-refractivity contribution in [2.45, 2.75) is 90.4 Å². The average molecular weight is 309 g/mol. The number of carbonyl (C=O) groups excluding carboxylic acids is 1. The van der Waals surface area contributed by atoms with Crippen LogP contribution in [0.5, 0.6) is 0 Å². The normalized spacial score (nSPS) is 11.0. The van der Waals surface area contributed by atoms with Crippen LogP contribution < -0.4 is 0 Å². The second-order valence-corrected chi connectivity index (χ2v) is 5.90. The lowest BCUT2D eigenvalue weighted by Crippen LogP contribution is -2.05. The number of ether oxygens (including phenoxy) is 1. The molecule has 0 radical (unpaired) electrons. The van der Waals surface area contributed by atoms with Crippen molar-refractivity contribution in [3.63, 3.8) is 0 Å². The first kappa shape index (κ1) is 20.9. The van der Waals surface area contributed by atoms with Gasteiger partial charge >= 0.3 is 5.97 Å². The highest BCUT2D eigenvalue weighted by molar-refractivity contribution is 5.69. The standard InChI is InChI=1S/C20H36O2/c1-3-5-7-9-11-12-14-16-18-20(21)22-19-17-15-13-10-8-6-4-2/h3,6,8H,1,4-5,7,9-19H2,2H3/b8-6+. The molecular weight excluding hydrogens is 272 g/mol. The lowest BCUT2D eigenvalue weighted by Gasteiger charge is -2.04. The molecule has 0 aromatic carbocycles. The van der Waals surface area contributed by atoms with E-state index in [1.54, 1.807) is 0 Å². The Bertz CT molecular complexity index is 281. The van der Waals surface area contributed by atoms with Crippen LogP contribution in [0.3, 0.4) is 0 Å². The van der Waals surface area contributed by atoms with Crippen molar-refractivity contribution in [2.24, 2.45) is 0 Å². The fraction of sp³-hybridized carbons (Fsp3) is 0.750. The van der Waals surface area contributed by atoms with E-state index < -0.39 is 0 Å². The molecule has 0 unspecified atom stereocenters. The minimum absolute atomic E-state index is 0.0162. The quantitative estimate of drug-likeness (QED) is 0.188. The summed E-state index contributed by atoms with van der Waals surface area (Å²) in [6.45, 7) is 6.47. The maximum Gasteiger partial charge on any atom is 0.305 e. The summed E-state index contributed by atoms with van der Waals surface area (Å²) < 4.78 is 5.26. The van der Waals surface area contributed by atoms with Crippen molar-refractivity contribution in [1.82, 2.24) is 0 Å². The number of hydrogen-bond acceptors (Lipinski definition) is 2. The van der Waals surface area contributed by atoms with Gasteiger partial charge in [-0.05, 0) is 51.4 Å². The Hall–Kier alpha value is -1.05. The van der Waals surface area contributed by atoms with Gasteiger partial charge in [0.1, 0.15) is 0 Å². The fourth-order valence-electron chi connectivity index (χ4n) is 2.35. The van der Waals surface area contributed by atoms with Gasteiger partial charge in [-0.15, -0.1) is 6.58 Å². The molecule has 2 heteroatoms. The summed E-state index contributed by atoms with van der Waals surface area (Å²) in [5.74, 6) is -0.0162. The first-order chi connectivity index (χ1) is 10.8. The monoisotopic (exact) mass is 308 g/mol. The highest BCUT2D eigenvalue weighted by Crippen LogP contribution is 2.09. The largest absolute Gasteiger partial charge is 0.466 e. The van der Waals surface area contributed by atoms with Crippen LogP contribution in [0.2, 0.25) is 0 Å². The van der Waals surface area contributed by atoms with Gasteiger partial charge in [-0.1, -0.05) is 50.8 Å². The van der Waals surface area contributed by atoms with Gasteiger partial charge in [0.2, 0.25) is 0 Å².